The van der Waals surface area contributed by atoms with E-state index in [0.717, 1.165) is 47.3 Å². The zero-order valence-corrected chi connectivity index (χ0v) is 14.5. The summed E-state index contributed by atoms with van der Waals surface area (Å²) < 4.78 is 11.7. The van der Waals surface area contributed by atoms with E-state index in [2.05, 4.69) is 27.9 Å². The van der Waals surface area contributed by atoms with Crippen molar-refractivity contribution in [1.82, 2.24) is 4.90 Å². The first-order chi connectivity index (χ1) is 10.1. The molecule has 1 aromatic rings. The maximum absolute atomic E-state index is 10.2. The van der Waals surface area contributed by atoms with Crippen LogP contribution in [0.4, 0.5) is 0 Å². The number of aliphatic hydroxyl groups excluding tert-OH is 1. The number of rotatable bonds is 5. The fourth-order valence-corrected chi connectivity index (χ4v) is 3.52. The maximum atomic E-state index is 10.2. The van der Waals surface area contributed by atoms with Crippen LogP contribution in [0.5, 0.6) is 11.5 Å². The molecule has 21 heavy (non-hydrogen) atoms. The predicted octanol–water partition coefficient (Wildman–Crippen LogP) is 3.20. The average Bonchev–Trinajstić information content (AvgIpc) is 2.48. The molecule has 0 aromatic heterocycles. The van der Waals surface area contributed by atoms with Crippen LogP contribution in [0.25, 0.3) is 0 Å². The third kappa shape index (κ3) is 3.90. The molecular formula is C16H24BrNO3. The van der Waals surface area contributed by atoms with E-state index in [-0.39, 0.29) is 12.1 Å². The summed E-state index contributed by atoms with van der Waals surface area (Å²) in [5, 5.41) is 10.2. The number of likely N-dealkylation sites (N-methyl/N-ethyl adjacent to an activating group) is 1. The van der Waals surface area contributed by atoms with Crippen molar-refractivity contribution in [1.29, 1.82) is 0 Å². The Kier molecular flexibility index (Phi) is 5.90. The molecule has 2 unspecified atom stereocenters. The summed E-state index contributed by atoms with van der Waals surface area (Å²) >= 11 is 3.48. The number of hydrogen-bond acceptors (Lipinski definition) is 4. The Balaban J connectivity index is 2.17. The second-order valence-electron chi connectivity index (χ2n) is 5.63. The van der Waals surface area contributed by atoms with Gasteiger partial charge in [0.1, 0.15) is 11.5 Å². The van der Waals surface area contributed by atoms with Crippen molar-refractivity contribution in [3.8, 4) is 11.5 Å². The van der Waals surface area contributed by atoms with Crippen LogP contribution in [0.15, 0.2) is 16.6 Å². The molecule has 0 heterocycles. The minimum Gasteiger partial charge on any atom is -0.496 e. The molecule has 1 saturated carbocycles. The third-order valence-corrected chi connectivity index (χ3v) is 4.85. The van der Waals surface area contributed by atoms with Crippen molar-refractivity contribution in [3.63, 3.8) is 0 Å². The summed E-state index contributed by atoms with van der Waals surface area (Å²) in [5.74, 6) is 1.63. The SMILES string of the molecule is COc1cc(CN(C)C2CCCCC2O)c(OC)cc1Br. The van der Waals surface area contributed by atoms with Gasteiger partial charge >= 0.3 is 0 Å². The van der Waals surface area contributed by atoms with Crippen LogP contribution in [0, 0.1) is 0 Å². The van der Waals surface area contributed by atoms with Crippen LogP contribution in [0.2, 0.25) is 0 Å². The van der Waals surface area contributed by atoms with Gasteiger partial charge in [-0.3, -0.25) is 4.90 Å². The highest BCUT2D eigenvalue weighted by molar-refractivity contribution is 9.10. The number of benzene rings is 1. The zero-order chi connectivity index (χ0) is 15.4. The summed E-state index contributed by atoms with van der Waals surface area (Å²) in [7, 11) is 5.39. The molecule has 1 fully saturated rings. The number of ether oxygens (including phenoxy) is 2. The molecular weight excluding hydrogens is 334 g/mol. The van der Waals surface area contributed by atoms with Gasteiger partial charge < -0.3 is 14.6 Å². The summed E-state index contributed by atoms with van der Waals surface area (Å²) in [5.41, 5.74) is 1.07. The van der Waals surface area contributed by atoms with E-state index >= 15 is 0 Å². The first-order valence-electron chi connectivity index (χ1n) is 7.35. The topological polar surface area (TPSA) is 41.9 Å². The van der Waals surface area contributed by atoms with E-state index in [4.69, 9.17) is 9.47 Å². The lowest BCUT2D eigenvalue weighted by Gasteiger charge is -2.35. The Morgan fingerprint density at radius 3 is 2.48 bits per heavy atom. The third-order valence-electron chi connectivity index (χ3n) is 4.23. The van der Waals surface area contributed by atoms with E-state index in [1.54, 1.807) is 14.2 Å². The first kappa shape index (κ1) is 16.6. The first-order valence-corrected chi connectivity index (χ1v) is 8.14. The van der Waals surface area contributed by atoms with Gasteiger partial charge in [0.15, 0.2) is 0 Å². The molecule has 1 aliphatic rings. The molecule has 2 atom stereocenters. The Morgan fingerprint density at radius 1 is 1.19 bits per heavy atom. The van der Waals surface area contributed by atoms with Gasteiger partial charge in [0.05, 0.1) is 24.8 Å². The monoisotopic (exact) mass is 357 g/mol. The summed E-state index contributed by atoms with van der Waals surface area (Å²) in [4.78, 5) is 2.22. The van der Waals surface area contributed by atoms with Gasteiger partial charge in [-0.15, -0.1) is 0 Å². The lowest BCUT2D eigenvalue weighted by Crippen LogP contribution is -2.42. The minimum absolute atomic E-state index is 0.220. The average molecular weight is 358 g/mol. The van der Waals surface area contributed by atoms with Crippen molar-refractivity contribution in [2.24, 2.45) is 0 Å². The van der Waals surface area contributed by atoms with Crippen LogP contribution in [0.1, 0.15) is 31.2 Å². The van der Waals surface area contributed by atoms with E-state index in [1.165, 1.54) is 6.42 Å². The molecule has 4 nitrogen and oxygen atoms in total. The molecule has 5 heteroatoms. The minimum atomic E-state index is -0.230. The van der Waals surface area contributed by atoms with Gasteiger partial charge in [-0.25, -0.2) is 0 Å². The smallest absolute Gasteiger partial charge is 0.133 e. The largest absolute Gasteiger partial charge is 0.496 e. The standard InChI is InChI=1S/C16H24BrNO3/c1-18(13-6-4-5-7-14(13)19)10-11-8-16(21-3)12(17)9-15(11)20-2/h8-9,13-14,19H,4-7,10H2,1-3H3. The zero-order valence-electron chi connectivity index (χ0n) is 12.9. The second kappa shape index (κ2) is 7.47. The number of halogens is 1. The van der Waals surface area contributed by atoms with Crippen LogP contribution < -0.4 is 9.47 Å². The van der Waals surface area contributed by atoms with Crippen molar-refractivity contribution >= 4 is 15.9 Å². The van der Waals surface area contributed by atoms with Crippen LogP contribution in [0.3, 0.4) is 0 Å². The Labute approximate surface area is 135 Å². The molecule has 1 aromatic carbocycles. The van der Waals surface area contributed by atoms with Gasteiger partial charge in [0.25, 0.3) is 0 Å². The lowest BCUT2D eigenvalue weighted by molar-refractivity contribution is 0.0285. The summed E-state index contributed by atoms with van der Waals surface area (Å²) in [6.07, 6.45) is 4.03. The molecule has 1 N–H and O–H groups in total. The molecule has 2 rings (SSSR count). The predicted molar refractivity (Wildman–Crippen MR) is 87.0 cm³/mol. The maximum Gasteiger partial charge on any atom is 0.133 e. The molecule has 118 valence electrons. The number of nitrogens with zero attached hydrogens (tertiary/aromatic N) is 1. The van der Waals surface area contributed by atoms with Crippen LogP contribution in [-0.2, 0) is 6.54 Å². The Morgan fingerprint density at radius 2 is 1.86 bits per heavy atom. The van der Waals surface area contributed by atoms with E-state index in [9.17, 15) is 5.11 Å². The van der Waals surface area contributed by atoms with Crippen molar-refractivity contribution < 1.29 is 14.6 Å². The van der Waals surface area contributed by atoms with Crippen LogP contribution >= 0.6 is 15.9 Å². The molecule has 0 spiro atoms. The number of aliphatic hydroxyl groups is 1. The summed E-state index contributed by atoms with van der Waals surface area (Å²) in [6, 6.07) is 4.14. The van der Waals surface area contributed by atoms with E-state index in [0.29, 0.717) is 0 Å². The molecule has 0 aliphatic heterocycles. The fraction of sp³-hybridized carbons (Fsp3) is 0.625. The number of hydrogen-bond donors (Lipinski definition) is 1. The molecule has 0 bridgehead atoms. The van der Waals surface area contributed by atoms with Gasteiger partial charge in [-0.05, 0) is 48.0 Å². The summed E-state index contributed by atoms with van der Waals surface area (Å²) in [6.45, 7) is 0.731. The highest BCUT2D eigenvalue weighted by Gasteiger charge is 2.27. The van der Waals surface area contributed by atoms with Crippen LogP contribution in [-0.4, -0.2) is 43.4 Å². The normalized spacial score (nSPS) is 22.4. The highest BCUT2D eigenvalue weighted by atomic mass is 79.9. The highest BCUT2D eigenvalue weighted by Crippen LogP contribution is 2.34. The van der Waals surface area contributed by atoms with Crippen molar-refractivity contribution in [2.45, 2.75) is 44.4 Å². The molecule has 0 radical (unpaired) electrons. The molecule has 1 aliphatic carbocycles. The molecule has 0 saturated heterocycles. The van der Waals surface area contributed by atoms with E-state index in [1.807, 2.05) is 12.1 Å². The Hall–Kier alpha value is -0.780. The Bertz CT molecular complexity index is 481. The molecule has 0 amide bonds. The van der Waals surface area contributed by atoms with E-state index < -0.39 is 0 Å². The number of methoxy groups -OCH3 is 2. The quantitative estimate of drug-likeness (QED) is 0.878. The fourth-order valence-electron chi connectivity index (χ4n) is 3.04. The van der Waals surface area contributed by atoms with Gasteiger partial charge in [0, 0.05) is 18.2 Å². The van der Waals surface area contributed by atoms with Gasteiger partial charge in [-0.1, -0.05) is 12.8 Å². The van der Waals surface area contributed by atoms with Gasteiger partial charge in [-0.2, -0.15) is 0 Å². The van der Waals surface area contributed by atoms with Gasteiger partial charge in [0.2, 0.25) is 0 Å². The van der Waals surface area contributed by atoms with Crippen molar-refractivity contribution in [2.75, 3.05) is 21.3 Å². The van der Waals surface area contributed by atoms with Crippen molar-refractivity contribution in [3.05, 3.63) is 22.2 Å². The second-order valence-corrected chi connectivity index (χ2v) is 6.49. The lowest BCUT2D eigenvalue weighted by atomic mass is 9.91.